The quantitative estimate of drug-likeness (QED) is 0.821. The number of anilines is 2. The topological polar surface area (TPSA) is 53.0 Å². The van der Waals surface area contributed by atoms with Crippen LogP contribution in [0.1, 0.15) is 13.8 Å². The Morgan fingerprint density at radius 1 is 1.47 bits per heavy atom. The van der Waals surface area contributed by atoms with E-state index in [1.165, 1.54) is 6.07 Å². The molecule has 1 unspecified atom stereocenters. The second-order valence-corrected chi connectivity index (χ2v) is 3.89. The average Bonchev–Trinajstić information content (AvgIpc) is 2.30. The lowest BCUT2D eigenvalue weighted by Gasteiger charge is -2.25. The molecule has 0 aliphatic carbocycles. The van der Waals surface area contributed by atoms with E-state index in [-0.39, 0.29) is 11.6 Å². The Balaban J connectivity index is 3.08. The molecule has 0 amide bonds. The monoisotopic (exact) mass is 239 g/mol. The third-order valence-electron chi connectivity index (χ3n) is 2.51. The van der Waals surface area contributed by atoms with E-state index in [1.54, 1.807) is 11.8 Å². The molecule has 17 heavy (non-hydrogen) atoms. The first-order chi connectivity index (χ1) is 7.99. The minimum atomic E-state index is -0.775. The molecule has 1 aromatic rings. The Hall–Kier alpha value is -1.83. The largest absolute Gasteiger partial charge is 0.395 e. The van der Waals surface area contributed by atoms with Crippen LogP contribution in [0.4, 0.5) is 20.2 Å². The van der Waals surface area contributed by atoms with Crippen LogP contribution in [0, 0.1) is 28.9 Å². The van der Waals surface area contributed by atoms with Gasteiger partial charge >= 0.3 is 0 Å². The molecule has 0 saturated carbocycles. The maximum atomic E-state index is 13.3. The zero-order valence-electron chi connectivity index (χ0n) is 9.87. The second-order valence-electron chi connectivity index (χ2n) is 3.89. The van der Waals surface area contributed by atoms with Gasteiger partial charge in [0.15, 0.2) is 5.82 Å². The highest BCUT2D eigenvalue weighted by Crippen LogP contribution is 2.27. The molecular weight excluding hydrogens is 224 g/mol. The Morgan fingerprint density at radius 2 is 2.12 bits per heavy atom. The van der Waals surface area contributed by atoms with Gasteiger partial charge < -0.3 is 10.6 Å². The molecule has 0 fully saturated rings. The number of hydrogen-bond acceptors (Lipinski definition) is 3. The second kappa shape index (κ2) is 5.48. The summed E-state index contributed by atoms with van der Waals surface area (Å²) < 4.78 is 26.4. The summed E-state index contributed by atoms with van der Waals surface area (Å²) in [4.78, 5) is 1.69. The zero-order chi connectivity index (χ0) is 13.0. The van der Waals surface area contributed by atoms with Crippen molar-refractivity contribution in [1.29, 1.82) is 5.26 Å². The Morgan fingerprint density at radius 3 is 2.65 bits per heavy atom. The van der Waals surface area contributed by atoms with Crippen LogP contribution in [0.5, 0.6) is 0 Å². The van der Waals surface area contributed by atoms with E-state index in [1.807, 2.05) is 6.92 Å². The van der Waals surface area contributed by atoms with E-state index in [9.17, 15) is 8.78 Å². The first-order valence-electron chi connectivity index (χ1n) is 5.38. The number of halogens is 2. The van der Waals surface area contributed by atoms with Gasteiger partial charge in [0.2, 0.25) is 0 Å². The van der Waals surface area contributed by atoms with E-state index >= 15 is 0 Å². The molecule has 3 nitrogen and oxygen atoms in total. The van der Waals surface area contributed by atoms with Crippen molar-refractivity contribution >= 4 is 11.4 Å². The molecule has 0 aliphatic rings. The predicted octanol–water partition coefficient (Wildman–Crippen LogP) is 2.53. The molecule has 0 heterocycles. The van der Waals surface area contributed by atoms with Crippen molar-refractivity contribution < 1.29 is 8.78 Å². The molecule has 0 saturated heterocycles. The first kappa shape index (κ1) is 13.2. The normalized spacial score (nSPS) is 11.9. The summed E-state index contributed by atoms with van der Waals surface area (Å²) in [5.74, 6) is -1.68. The van der Waals surface area contributed by atoms with Crippen molar-refractivity contribution in [2.24, 2.45) is 5.92 Å². The van der Waals surface area contributed by atoms with Crippen molar-refractivity contribution in [3.63, 3.8) is 0 Å². The van der Waals surface area contributed by atoms with E-state index in [0.717, 1.165) is 6.07 Å². The molecule has 0 aliphatic heterocycles. The molecule has 1 rings (SSSR count). The lowest BCUT2D eigenvalue weighted by atomic mass is 10.1. The first-order valence-corrected chi connectivity index (χ1v) is 5.38. The highest BCUT2D eigenvalue weighted by molar-refractivity contribution is 5.68. The smallest absolute Gasteiger partial charge is 0.151 e. The highest BCUT2D eigenvalue weighted by atomic mass is 19.1. The Labute approximate surface area is 99.4 Å². The minimum absolute atomic E-state index is 0.0848. The van der Waals surface area contributed by atoms with E-state index in [4.69, 9.17) is 11.0 Å². The maximum absolute atomic E-state index is 13.3. The van der Waals surface area contributed by atoms with Gasteiger partial charge in [-0.3, -0.25) is 0 Å². The maximum Gasteiger partial charge on any atom is 0.151 e. The summed E-state index contributed by atoms with van der Waals surface area (Å²) in [6.45, 7) is 4.50. The van der Waals surface area contributed by atoms with Crippen LogP contribution in [0.15, 0.2) is 12.1 Å². The zero-order valence-corrected chi connectivity index (χ0v) is 9.87. The fourth-order valence-corrected chi connectivity index (χ4v) is 1.60. The average molecular weight is 239 g/mol. The van der Waals surface area contributed by atoms with Gasteiger partial charge in [-0.1, -0.05) is 0 Å². The van der Waals surface area contributed by atoms with Crippen LogP contribution in [-0.2, 0) is 0 Å². The summed E-state index contributed by atoms with van der Waals surface area (Å²) in [6, 6.07) is 4.02. The molecule has 5 heteroatoms. The number of hydrogen-bond donors (Lipinski definition) is 1. The molecule has 0 spiro atoms. The van der Waals surface area contributed by atoms with Crippen molar-refractivity contribution in [1.82, 2.24) is 0 Å². The molecular formula is C12H15F2N3. The van der Waals surface area contributed by atoms with Gasteiger partial charge in [0.25, 0.3) is 0 Å². The standard InChI is InChI=1S/C12H15F2N3/c1-3-17(7-8(2)6-15)11-5-9(13)4-10(14)12(11)16/h4-5,8H,3,7,16H2,1-2H3. The van der Waals surface area contributed by atoms with Gasteiger partial charge in [0, 0.05) is 19.2 Å². The summed E-state index contributed by atoms with van der Waals surface area (Å²) in [5.41, 5.74) is 5.79. The number of rotatable bonds is 4. The lowest BCUT2D eigenvalue weighted by Crippen LogP contribution is -2.28. The molecule has 0 radical (unpaired) electrons. The fourth-order valence-electron chi connectivity index (χ4n) is 1.60. The number of nitriles is 1. The van der Waals surface area contributed by atoms with Crippen molar-refractivity contribution in [3.8, 4) is 6.07 Å². The van der Waals surface area contributed by atoms with Gasteiger partial charge in [-0.2, -0.15) is 5.26 Å². The van der Waals surface area contributed by atoms with E-state index in [2.05, 4.69) is 6.07 Å². The Bertz CT molecular complexity index is 440. The number of nitrogens with two attached hydrogens (primary N) is 1. The van der Waals surface area contributed by atoms with Crippen LogP contribution in [-0.4, -0.2) is 13.1 Å². The third kappa shape index (κ3) is 3.06. The van der Waals surface area contributed by atoms with Gasteiger partial charge in [-0.25, -0.2) is 8.78 Å². The predicted molar refractivity (Wildman–Crippen MR) is 63.4 cm³/mol. The van der Waals surface area contributed by atoms with Gasteiger partial charge in [-0.05, 0) is 19.9 Å². The summed E-state index contributed by atoms with van der Waals surface area (Å²) >= 11 is 0. The van der Waals surface area contributed by atoms with Crippen LogP contribution >= 0.6 is 0 Å². The number of nitrogens with zero attached hydrogens (tertiary/aromatic N) is 2. The van der Waals surface area contributed by atoms with E-state index in [0.29, 0.717) is 18.8 Å². The molecule has 1 atom stereocenters. The molecule has 0 bridgehead atoms. The fraction of sp³-hybridized carbons (Fsp3) is 0.417. The van der Waals surface area contributed by atoms with Crippen molar-refractivity contribution in [2.45, 2.75) is 13.8 Å². The van der Waals surface area contributed by atoms with Gasteiger partial charge in [0.05, 0.1) is 23.4 Å². The van der Waals surface area contributed by atoms with Crippen molar-refractivity contribution in [2.75, 3.05) is 23.7 Å². The Kier molecular flexibility index (Phi) is 4.27. The van der Waals surface area contributed by atoms with Gasteiger partial charge in [0.1, 0.15) is 5.82 Å². The van der Waals surface area contributed by atoms with Crippen LogP contribution in [0.2, 0.25) is 0 Å². The van der Waals surface area contributed by atoms with Crippen molar-refractivity contribution in [3.05, 3.63) is 23.8 Å². The van der Waals surface area contributed by atoms with Crippen LogP contribution in [0.25, 0.3) is 0 Å². The van der Waals surface area contributed by atoms with Crippen LogP contribution < -0.4 is 10.6 Å². The molecule has 2 N–H and O–H groups in total. The molecule has 0 aromatic heterocycles. The summed E-state index contributed by atoms with van der Waals surface area (Å²) in [6.07, 6.45) is 0. The number of nitrogen functional groups attached to an aromatic ring is 1. The number of benzene rings is 1. The third-order valence-corrected chi connectivity index (χ3v) is 2.51. The summed E-state index contributed by atoms with van der Waals surface area (Å²) in [7, 11) is 0. The van der Waals surface area contributed by atoms with E-state index < -0.39 is 11.6 Å². The summed E-state index contributed by atoms with van der Waals surface area (Å²) in [5, 5.41) is 8.75. The highest BCUT2D eigenvalue weighted by Gasteiger charge is 2.15. The van der Waals surface area contributed by atoms with Crippen LogP contribution in [0.3, 0.4) is 0 Å². The minimum Gasteiger partial charge on any atom is -0.395 e. The molecule has 92 valence electrons. The molecule has 1 aromatic carbocycles. The lowest BCUT2D eigenvalue weighted by molar-refractivity contribution is 0.583. The van der Waals surface area contributed by atoms with Gasteiger partial charge in [-0.15, -0.1) is 0 Å². The SMILES string of the molecule is CCN(CC(C)C#N)c1cc(F)cc(F)c1N.